The molecule has 1 heterocycles. The van der Waals surface area contributed by atoms with Crippen molar-refractivity contribution < 1.29 is 49.3 Å². The minimum atomic E-state index is -1.57. The minimum Gasteiger partial charge on any atom is -0.466 e. The molecule has 7 atom stereocenters. The van der Waals surface area contributed by atoms with Crippen molar-refractivity contribution in [3.8, 4) is 0 Å². The average molecular weight is 1100 g/mol. The minimum absolute atomic E-state index is 0.0104. The predicted octanol–water partition coefficient (Wildman–Crippen LogP) is 16.0. The molecule has 0 bridgehead atoms. The number of ether oxygens (including phenoxy) is 3. The topological polar surface area (TPSA) is 175 Å². The maximum Gasteiger partial charge on any atom is 0.305 e. The van der Waals surface area contributed by atoms with Crippen molar-refractivity contribution in [2.24, 2.45) is 0 Å². The summed E-state index contributed by atoms with van der Waals surface area (Å²) in [4.78, 5) is 25.0. The second kappa shape index (κ2) is 56.5. The summed E-state index contributed by atoms with van der Waals surface area (Å²) in [6.45, 7) is 4.31. The zero-order valence-electron chi connectivity index (χ0n) is 50.4. The van der Waals surface area contributed by atoms with Crippen molar-refractivity contribution in [1.29, 1.82) is 0 Å². The van der Waals surface area contributed by atoms with E-state index in [1.807, 2.05) is 6.08 Å². The number of allylic oxidation sites excluding steroid dienone is 7. The number of rotatable bonds is 57. The monoisotopic (exact) mass is 1100 g/mol. The first kappa shape index (κ1) is 73.6. The van der Waals surface area contributed by atoms with Crippen LogP contribution in [0.25, 0.3) is 0 Å². The van der Waals surface area contributed by atoms with Crippen LogP contribution in [0.1, 0.15) is 303 Å². The van der Waals surface area contributed by atoms with Crippen LogP contribution >= 0.6 is 0 Å². The molecule has 0 spiro atoms. The number of amides is 1. The first-order chi connectivity index (χ1) is 38.2. The van der Waals surface area contributed by atoms with Gasteiger partial charge in [-0.2, -0.15) is 0 Å². The molecule has 1 fully saturated rings. The van der Waals surface area contributed by atoms with Gasteiger partial charge >= 0.3 is 5.97 Å². The van der Waals surface area contributed by atoms with Gasteiger partial charge in [0.15, 0.2) is 6.29 Å². The van der Waals surface area contributed by atoms with E-state index >= 15 is 0 Å². The Balaban J connectivity index is 2.02. The van der Waals surface area contributed by atoms with E-state index in [-0.39, 0.29) is 18.5 Å². The van der Waals surface area contributed by atoms with Gasteiger partial charge in [-0.3, -0.25) is 9.59 Å². The van der Waals surface area contributed by atoms with E-state index in [1.165, 1.54) is 205 Å². The Labute approximate surface area is 478 Å². The van der Waals surface area contributed by atoms with Crippen molar-refractivity contribution >= 4 is 11.9 Å². The van der Waals surface area contributed by atoms with E-state index < -0.39 is 49.5 Å². The number of esters is 1. The second-order valence-corrected chi connectivity index (χ2v) is 22.8. The third-order valence-electron chi connectivity index (χ3n) is 15.4. The molecule has 456 valence electrons. The smallest absolute Gasteiger partial charge is 0.305 e. The van der Waals surface area contributed by atoms with E-state index in [0.717, 1.165) is 70.6 Å². The molecular formula is C67H123NO10. The largest absolute Gasteiger partial charge is 0.466 e. The van der Waals surface area contributed by atoms with Crippen LogP contribution in [-0.4, -0.2) is 100 Å². The maximum atomic E-state index is 13.0. The fourth-order valence-electron chi connectivity index (χ4n) is 10.2. The highest BCUT2D eigenvalue weighted by atomic mass is 16.7. The Morgan fingerprint density at radius 1 is 0.474 bits per heavy atom. The Morgan fingerprint density at radius 3 is 1.35 bits per heavy atom. The van der Waals surface area contributed by atoms with Gasteiger partial charge in [0.1, 0.15) is 24.4 Å². The Bertz CT molecular complexity index is 1430. The lowest BCUT2D eigenvalue weighted by atomic mass is 9.99. The van der Waals surface area contributed by atoms with Crippen LogP contribution in [0.5, 0.6) is 0 Å². The number of unbranched alkanes of at least 4 members (excludes halogenated alkanes) is 37. The summed E-state index contributed by atoms with van der Waals surface area (Å²) in [6.07, 6.45) is 62.2. The number of nitrogens with one attached hydrogen (secondary N) is 1. The molecule has 11 nitrogen and oxygen atoms in total. The molecule has 78 heavy (non-hydrogen) atoms. The summed E-state index contributed by atoms with van der Waals surface area (Å²) in [6, 6.07) is -0.813. The Morgan fingerprint density at radius 2 is 0.872 bits per heavy atom. The highest BCUT2D eigenvalue weighted by Gasteiger charge is 2.44. The molecule has 1 amide bonds. The lowest BCUT2D eigenvalue weighted by molar-refractivity contribution is -0.302. The number of aliphatic hydroxyl groups is 5. The van der Waals surface area contributed by atoms with E-state index in [0.29, 0.717) is 19.4 Å². The fourth-order valence-corrected chi connectivity index (χ4v) is 10.2. The molecular weight excluding hydrogens is 979 g/mol. The van der Waals surface area contributed by atoms with Crippen LogP contribution in [0.4, 0.5) is 0 Å². The molecule has 0 aromatic carbocycles. The van der Waals surface area contributed by atoms with Crippen molar-refractivity contribution in [1.82, 2.24) is 5.32 Å². The lowest BCUT2D eigenvalue weighted by Crippen LogP contribution is -2.60. The SMILES string of the molecule is CCCC/C=C\CCCCCCCC(=O)OCCCCCCCCCCC/C=C\C/C=C\CCCCCCCCCCCCCC(=O)NC(COC1OC(CO)C(O)C(O)C1O)C(O)/C=C/CCCCCCCCCCCC. The zero-order valence-corrected chi connectivity index (χ0v) is 50.4. The van der Waals surface area contributed by atoms with E-state index in [4.69, 9.17) is 14.2 Å². The second-order valence-electron chi connectivity index (χ2n) is 22.8. The normalized spacial score (nSPS) is 18.8. The summed E-state index contributed by atoms with van der Waals surface area (Å²) >= 11 is 0. The van der Waals surface area contributed by atoms with Gasteiger partial charge in [-0.15, -0.1) is 0 Å². The van der Waals surface area contributed by atoms with Gasteiger partial charge in [0.25, 0.3) is 0 Å². The van der Waals surface area contributed by atoms with Crippen LogP contribution in [0.3, 0.4) is 0 Å². The first-order valence-electron chi connectivity index (χ1n) is 32.9. The van der Waals surface area contributed by atoms with Crippen molar-refractivity contribution in [3.05, 3.63) is 48.6 Å². The predicted molar refractivity (Wildman–Crippen MR) is 324 cm³/mol. The summed E-state index contributed by atoms with van der Waals surface area (Å²) in [7, 11) is 0. The number of aliphatic hydroxyl groups excluding tert-OH is 5. The third kappa shape index (κ3) is 45.3. The van der Waals surface area contributed by atoms with Crippen LogP contribution in [0, 0.1) is 0 Å². The number of carbonyl (C=O) groups excluding carboxylic acids is 2. The molecule has 11 heteroatoms. The quantitative estimate of drug-likeness (QED) is 0.0195. The maximum absolute atomic E-state index is 13.0. The van der Waals surface area contributed by atoms with Gasteiger partial charge in [0.05, 0.1) is 32.0 Å². The fraction of sp³-hybridized carbons (Fsp3) is 0.851. The Kier molecular flexibility index (Phi) is 53.3. The standard InChI is InChI=1S/C67H123NO10/c1-3-5-7-9-11-13-15-34-37-41-45-49-53-60(70)59(58-77-67-66(75)65(74)64(73)61(57-69)78-67)68-62(71)54-50-46-42-38-35-31-29-27-25-23-21-19-17-16-18-20-22-24-26-28-30-32-36-40-44-48-52-56-76-63(72)55-51-47-43-39-33-14-12-10-8-6-4-2/h10,12,16-17,20,22,49,53,59-61,64-67,69-70,73-75H,3-9,11,13-15,18-19,21,23-48,50-52,54-58H2,1-2H3,(H,68,71)/b12-10-,17-16-,22-20-,53-49+. The van der Waals surface area contributed by atoms with Gasteiger partial charge in [0.2, 0.25) is 5.91 Å². The van der Waals surface area contributed by atoms with E-state index in [1.54, 1.807) is 6.08 Å². The van der Waals surface area contributed by atoms with E-state index in [9.17, 15) is 35.1 Å². The molecule has 0 aliphatic carbocycles. The highest BCUT2D eigenvalue weighted by molar-refractivity contribution is 5.76. The molecule has 1 aliphatic rings. The molecule has 1 saturated heterocycles. The van der Waals surface area contributed by atoms with Gasteiger partial charge < -0.3 is 45.1 Å². The summed E-state index contributed by atoms with van der Waals surface area (Å²) in [5.41, 5.74) is 0. The third-order valence-corrected chi connectivity index (χ3v) is 15.4. The molecule has 0 saturated carbocycles. The van der Waals surface area contributed by atoms with Gasteiger partial charge in [-0.05, 0) is 83.5 Å². The highest BCUT2D eigenvalue weighted by Crippen LogP contribution is 2.23. The van der Waals surface area contributed by atoms with Crippen LogP contribution < -0.4 is 5.32 Å². The number of hydrogen-bond acceptors (Lipinski definition) is 10. The van der Waals surface area contributed by atoms with Crippen molar-refractivity contribution in [3.63, 3.8) is 0 Å². The summed E-state index contributed by atoms with van der Waals surface area (Å²) < 4.78 is 16.7. The molecule has 0 aromatic heterocycles. The van der Waals surface area contributed by atoms with Crippen molar-refractivity contribution in [2.75, 3.05) is 19.8 Å². The van der Waals surface area contributed by atoms with Crippen LogP contribution in [-0.2, 0) is 23.8 Å². The van der Waals surface area contributed by atoms with Gasteiger partial charge in [0, 0.05) is 12.8 Å². The number of carbonyl (C=O) groups is 2. The lowest BCUT2D eigenvalue weighted by Gasteiger charge is -2.40. The molecule has 7 unspecified atom stereocenters. The van der Waals surface area contributed by atoms with Gasteiger partial charge in [-0.1, -0.05) is 255 Å². The summed E-state index contributed by atoms with van der Waals surface area (Å²) in [5, 5.41) is 54.4. The molecule has 6 N–H and O–H groups in total. The van der Waals surface area contributed by atoms with Crippen LogP contribution in [0.15, 0.2) is 48.6 Å². The van der Waals surface area contributed by atoms with Crippen molar-refractivity contribution in [2.45, 2.75) is 346 Å². The van der Waals surface area contributed by atoms with E-state index in [2.05, 4.69) is 55.6 Å². The van der Waals surface area contributed by atoms with Crippen LogP contribution in [0.2, 0.25) is 0 Å². The Hall–Kier alpha value is -2.38. The first-order valence-corrected chi connectivity index (χ1v) is 32.9. The number of hydrogen-bond donors (Lipinski definition) is 6. The average Bonchev–Trinajstić information content (AvgIpc) is 3.44. The molecule has 0 aromatic rings. The van der Waals surface area contributed by atoms with Gasteiger partial charge in [-0.25, -0.2) is 0 Å². The molecule has 0 radical (unpaired) electrons. The molecule has 1 rings (SSSR count). The molecule has 1 aliphatic heterocycles. The zero-order chi connectivity index (χ0) is 56.6. The summed E-state index contributed by atoms with van der Waals surface area (Å²) in [5.74, 6) is -0.195.